The van der Waals surface area contributed by atoms with Crippen LogP contribution in [-0.4, -0.2) is 0 Å². The van der Waals surface area contributed by atoms with Gasteiger partial charge in [0.15, 0.2) is 0 Å². The van der Waals surface area contributed by atoms with E-state index in [1.165, 1.54) is 33.4 Å². The highest BCUT2D eigenvalue weighted by molar-refractivity contribution is 5.68. The fourth-order valence-corrected chi connectivity index (χ4v) is 3.45. The van der Waals surface area contributed by atoms with Gasteiger partial charge in [0, 0.05) is 0 Å². The minimum atomic E-state index is 0.952. The van der Waals surface area contributed by atoms with Crippen molar-refractivity contribution in [2.75, 3.05) is 0 Å². The van der Waals surface area contributed by atoms with Crippen molar-refractivity contribution in [2.24, 2.45) is 0 Å². The fraction of sp³-hybridized carbons (Fsp3) is 0.0769. The van der Waals surface area contributed by atoms with Gasteiger partial charge < -0.3 is 0 Å². The molecule has 26 heavy (non-hydrogen) atoms. The lowest BCUT2D eigenvalue weighted by Gasteiger charge is -2.13. The average Bonchev–Trinajstić information content (AvgIpc) is 2.70. The first-order valence-corrected chi connectivity index (χ1v) is 9.13. The van der Waals surface area contributed by atoms with E-state index in [4.69, 9.17) is 0 Å². The Morgan fingerprint density at radius 1 is 0.423 bits per heavy atom. The summed E-state index contributed by atoms with van der Waals surface area (Å²) >= 11 is 0. The van der Waals surface area contributed by atoms with Crippen LogP contribution in [0.25, 0.3) is 11.1 Å². The molecule has 0 aromatic heterocycles. The van der Waals surface area contributed by atoms with E-state index in [1.807, 2.05) is 0 Å². The Kier molecular flexibility index (Phi) is 4.93. The Morgan fingerprint density at radius 3 is 1.58 bits per heavy atom. The average molecular weight is 334 g/mol. The largest absolute Gasteiger partial charge is 0.0622 e. The minimum absolute atomic E-state index is 0.952. The molecule has 0 aliphatic carbocycles. The van der Waals surface area contributed by atoms with E-state index >= 15 is 0 Å². The van der Waals surface area contributed by atoms with E-state index in [0.717, 1.165) is 12.8 Å². The Bertz CT molecular complexity index is 955. The van der Waals surface area contributed by atoms with E-state index in [2.05, 4.69) is 109 Å². The van der Waals surface area contributed by atoms with E-state index in [9.17, 15) is 0 Å². The second-order valence-corrected chi connectivity index (χ2v) is 6.68. The molecule has 0 saturated heterocycles. The molecule has 0 N–H and O–H groups in total. The molecule has 0 aliphatic rings. The number of rotatable bonds is 5. The summed E-state index contributed by atoms with van der Waals surface area (Å²) in [5, 5.41) is 0. The maximum atomic E-state index is 2.38. The van der Waals surface area contributed by atoms with E-state index in [-0.39, 0.29) is 0 Å². The SMILES string of the molecule is c1ccc(Cc2ccc(-c3ccccc3)c(Cc3ccccc3)c2)cc1. The van der Waals surface area contributed by atoms with Gasteiger partial charge in [0.1, 0.15) is 0 Å². The first-order chi connectivity index (χ1) is 12.9. The third kappa shape index (κ3) is 3.92. The zero-order valence-electron chi connectivity index (χ0n) is 14.8. The maximum Gasteiger partial charge on any atom is -0.00195 e. The topological polar surface area (TPSA) is 0 Å². The van der Waals surface area contributed by atoms with Crippen LogP contribution in [0.1, 0.15) is 22.3 Å². The zero-order valence-corrected chi connectivity index (χ0v) is 14.8. The molecule has 0 heteroatoms. The van der Waals surface area contributed by atoms with Crippen LogP contribution in [-0.2, 0) is 12.8 Å². The molecule has 0 amide bonds. The van der Waals surface area contributed by atoms with Gasteiger partial charge in [-0.15, -0.1) is 0 Å². The van der Waals surface area contributed by atoms with Gasteiger partial charge in [-0.25, -0.2) is 0 Å². The second-order valence-electron chi connectivity index (χ2n) is 6.68. The maximum absolute atomic E-state index is 2.38. The van der Waals surface area contributed by atoms with Crippen LogP contribution >= 0.6 is 0 Å². The summed E-state index contributed by atoms with van der Waals surface area (Å²) in [5.41, 5.74) is 8.06. The molecule has 0 heterocycles. The molecular formula is C26H22. The lowest BCUT2D eigenvalue weighted by atomic mass is 9.92. The standard InChI is InChI=1S/C26H22/c1-4-10-21(11-5-1)18-23-16-17-26(24-14-8-3-9-15-24)25(20-23)19-22-12-6-2-7-13-22/h1-17,20H,18-19H2. The zero-order chi connectivity index (χ0) is 17.6. The highest BCUT2D eigenvalue weighted by atomic mass is 14.1. The molecule has 0 saturated carbocycles. The number of hydrogen-bond donors (Lipinski definition) is 0. The van der Waals surface area contributed by atoms with Crippen molar-refractivity contribution < 1.29 is 0 Å². The summed E-state index contributed by atoms with van der Waals surface area (Å²) in [6.07, 6.45) is 1.92. The van der Waals surface area contributed by atoms with Crippen LogP contribution in [0.2, 0.25) is 0 Å². The Hall–Kier alpha value is -3.12. The molecule has 126 valence electrons. The number of benzene rings is 4. The normalized spacial score (nSPS) is 10.6. The molecule has 0 nitrogen and oxygen atoms in total. The molecule has 0 unspecified atom stereocenters. The molecule has 0 radical (unpaired) electrons. The molecule has 4 aromatic carbocycles. The van der Waals surface area contributed by atoms with Crippen molar-refractivity contribution in [3.8, 4) is 11.1 Å². The van der Waals surface area contributed by atoms with Crippen LogP contribution in [0, 0.1) is 0 Å². The van der Waals surface area contributed by atoms with Gasteiger partial charge >= 0.3 is 0 Å². The van der Waals surface area contributed by atoms with Gasteiger partial charge in [0.25, 0.3) is 0 Å². The summed E-state index contributed by atoms with van der Waals surface area (Å²) in [5.74, 6) is 0. The van der Waals surface area contributed by atoms with Crippen LogP contribution in [0.4, 0.5) is 0 Å². The first-order valence-electron chi connectivity index (χ1n) is 9.13. The summed E-state index contributed by atoms with van der Waals surface area (Å²) in [7, 11) is 0. The predicted molar refractivity (Wildman–Crippen MR) is 110 cm³/mol. The van der Waals surface area contributed by atoms with Crippen molar-refractivity contribution in [1.29, 1.82) is 0 Å². The number of hydrogen-bond acceptors (Lipinski definition) is 0. The Balaban J connectivity index is 1.72. The monoisotopic (exact) mass is 334 g/mol. The lowest BCUT2D eigenvalue weighted by molar-refractivity contribution is 1.14. The molecule has 0 aliphatic heterocycles. The Labute approximate surface area is 155 Å². The van der Waals surface area contributed by atoms with E-state index < -0.39 is 0 Å². The summed E-state index contributed by atoms with van der Waals surface area (Å²) < 4.78 is 0. The molecular weight excluding hydrogens is 312 g/mol. The third-order valence-electron chi connectivity index (χ3n) is 4.74. The van der Waals surface area contributed by atoms with Gasteiger partial charge in [-0.1, -0.05) is 109 Å². The van der Waals surface area contributed by atoms with Gasteiger partial charge in [0.2, 0.25) is 0 Å². The Morgan fingerprint density at radius 2 is 0.962 bits per heavy atom. The fourth-order valence-electron chi connectivity index (χ4n) is 3.45. The van der Waals surface area contributed by atoms with Crippen LogP contribution in [0.5, 0.6) is 0 Å². The lowest BCUT2D eigenvalue weighted by Crippen LogP contribution is -1.96. The van der Waals surface area contributed by atoms with Crippen molar-refractivity contribution >= 4 is 0 Å². The smallest absolute Gasteiger partial charge is 0.00195 e. The van der Waals surface area contributed by atoms with Gasteiger partial charge in [-0.05, 0) is 46.2 Å². The van der Waals surface area contributed by atoms with Crippen LogP contribution in [0.15, 0.2) is 109 Å². The molecule has 0 spiro atoms. The van der Waals surface area contributed by atoms with Gasteiger partial charge in [-0.2, -0.15) is 0 Å². The van der Waals surface area contributed by atoms with Crippen molar-refractivity contribution in [3.63, 3.8) is 0 Å². The molecule has 4 aromatic rings. The van der Waals surface area contributed by atoms with Crippen LogP contribution < -0.4 is 0 Å². The van der Waals surface area contributed by atoms with Gasteiger partial charge in [-0.3, -0.25) is 0 Å². The van der Waals surface area contributed by atoms with Crippen LogP contribution in [0.3, 0.4) is 0 Å². The highest BCUT2D eigenvalue weighted by Crippen LogP contribution is 2.27. The van der Waals surface area contributed by atoms with E-state index in [0.29, 0.717) is 0 Å². The quantitative estimate of drug-likeness (QED) is 0.389. The highest BCUT2D eigenvalue weighted by Gasteiger charge is 2.08. The van der Waals surface area contributed by atoms with Crippen molar-refractivity contribution in [1.82, 2.24) is 0 Å². The first kappa shape index (κ1) is 16.4. The van der Waals surface area contributed by atoms with E-state index in [1.54, 1.807) is 0 Å². The van der Waals surface area contributed by atoms with Crippen molar-refractivity contribution in [2.45, 2.75) is 12.8 Å². The van der Waals surface area contributed by atoms with Gasteiger partial charge in [0.05, 0.1) is 0 Å². The predicted octanol–water partition coefficient (Wildman–Crippen LogP) is 6.54. The molecule has 0 atom stereocenters. The molecule has 0 fully saturated rings. The molecule has 4 rings (SSSR count). The third-order valence-corrected chi connectivity index (χ3v) is 4.74. The minimum Gasteiger partial charge on any atom is -0.0622 e. The summed E-state index contributed by atoms with van der Waals surface area (Å²) in [6.45, 7) is 0. The second kappa shape index (κ2) is 7.84. The molecule has 0 bridgehead atoms. The summed E-state index contributed by atoms with van der Waals surface area (Å²) in [4.78, 5) is 0. The summed E-state index contributed by atoms with van der Waals surface area (Å²) in [6, 6.07) is 39.0. The van der Waals surface area contributed by atoms with Crippen molar-refractivity contribution in [3.05, 3.63) is 131 Å².